The monoisotopic (exact) mass is 606 g/mol. The molecule has 220 valence electrons. The molecule has 4 aliphatic rings. The summed E-state index contributed by atoms with van der Waals surface area (Å²) in [4.78, 5) is 69.9. The van der Waals surface area contributed by atoms with Gasteiger partial charge in [0.25, 0.3) is 0 Å². The molecule has 5 atom stereocenters. The molecule has 4 saturated heterocycles. The number of rotatable bonds is 8. The Morgan fingerprint density at radius 2 is 1.71 bits per heavy atom. The number of nitrogens with zero attached hydrogens (tertiary/aromatic N) is 3. The van der Waals surface area contributed by atoms with Gasteiger partial charge in [-0.2, -0.15) is 0 Å². The second kappa shape index (κ2) is 9.82. The van der Waals surface area contributed by atoms with Crippen LogP contribution in [0.3, 0.4) is 0 Å². The van der Waals surface area contributed by atoms with Crippen LogP contribution in [0.4, 0.5) is 5.69 Å². The number of esters is 2. The quantitative estimate of drug-likeness (QED) is 0.188. The molecule has 4 aliphatic heterocycles. The molecular weight excluding hydrogens is 576 g/mol. The normalized spacial score (nSPS) is 29.9. The van der Waals surface area contributed by atoms with Crippen molar-refractivity contribution in [1.29, 1.82) is 0 Å². The van der Waals surface area contributed by atoms with Crippen molar-refractivity contribution < 1.29 is 41.9 Å². The molecule has 4 heterocycles. The Balaban J connectivity index is 1.18. The van der Waals surface area contributed by atoms with Crippen molar-refractivity contribution in [2.45, 2.75) is 78.9 Å². The number of hydrogen-bond donors (Lipinski definition) is 1. The van der Waals surface area contributed by atoms with E-state index in [0.717, 1.165) is 4.90 Å². The summed E-state index contributed by atoms with van der Waals surface area (Å²) in [5.41, 5.74) is 1.23. The van der Waals surface area contributed by atoms with Gasteiger partial charge in [0.05, 0.1) is 23.3 Å². The number of para-hydroxylation sites is 1. The highest BCUT2D eigenvalue weighted by Crippen LogP contribution is 2.51. The molecule has 0 bridgehead atoms. The third-order valence-corrected chi connectivity index (χ3v) is 12.5. The van der Waals surface area contributed by atoms with Crippen LogP contribution >= 0.6 is 11.8 Å². The molecule has 0 radical (unpaired) electrons. The van der Waals surface area contributed by atoms with Crippen LogP contribution in [-0.2, 0) is 49.7 Å². The lowest BCUT2D eigenvalue weighted by Crippen LogP contribution is -2.70. The lowest BCUT2D eigenvalue weighted by Gasteiger charge is -2.43. The van der Waals surface area contributed by atoms with Crippen molar-refractivity contribution >= 4 is 63.7 Å². The van der Waals surface area contributed by atoms with Crippen molar-refractivity contribution in [2.75, 3.05) is 6.79 Å². The number of aliphatic imine (C=N–C) groups is 1. The number of carbonyl (C=O) groups excluding carboxylic acids is 5. The number of ether oxygens (including phenoxy) is 2. The number of nitrogens with one attached hydrogen (secondary N) is 1. The molecule has 4 fully saturated rings. The van der Waals surface area contributed by atoms with E-state index in [-0.39, 0.29) is 18.7 Å². The van der Waals surface area contributed by atoms with Crippen molar-refractivity contribution in [3.8, 4) is 0 Å². The maximum absolute atomic E-state index is 13.1. The topological polar surface area (TPSA) is 169 Å². The number of hydrogen-bond acceptors (Lipinski definition) is 11. The van der Waals surface area contributed by atoms with Crippen molar-refractivity contribution in [3.63, 3.8) is 0 Å². The van der Waals surface area contributed by atoms with Crippen LogP contribution in [0, 0.1) is 0 Å². The number of β-lactam (4-membered cyclic amide) rings is 2. The maximum atomic E-state index is 13.1. The molecular formula is C26H30N4O9S2. The van der Waals surface area contributed by atoms with Gasteiger partial charge in [-0.15, -0.1) is 11.8 Å². The van der Waals surface area contributed by atoms with E-state index < -0.39 is 78.8 Å². The van der Waals surface area contributed by atoms with Crippen LogP contribution in [0.1, 0.15) is 39.7 Å². The molecule has 41 heavy (non-hydrogen) atoms. The molecule has 15 heteroatoms. The number of thioether (sulfide) groups is 1. The molecule has 0 aliphatic carbocycles. The fourth-order valence-corrected chi connectivity index (χ4v) is 9.59. The number of carbonyl (C=O) groups is 5. The molecule has 5 rings (SSSR count). The Hall–Kier alpha value is -3.46. The van der Waals surface area contributed by atoms with E-state index in [1.807, 2.05) is 0 Å². The Kier molecular flexibility index (Phi) is 6.96. The van der Waals surface area contributed by atoms with E-state index in [1.54, 1.807) is 38.1 Å². The van der Waals surface area contributed by atoms with Crippen LogP contribution < -0.4 is 5.32 Å². The Bertz CT molecular complexity index is 1470. The van der Waals surface area contributed by atoms with E-state index >= 15 is 0 Å². The van der Waals surface area contributed by atoms with Gasteiger partial charge < -0.3 is 24.6 Å². The molecule has 0 aromatic heterocycles. The molecule has 1 aromatic carbocycles. The van der Waals surface area contributed by atoms with Gasteiger partial charge >= 0.3 is 11.9 Å². The lowest BCUT2D eigenvalue weighted by atomic mass is 9.96. The number of benzene rings is 1. The molecule has 1 aromatic rings. The SMILES string of the molecule is C=Nc1ccccc1CC(=O)NC1C(=O)N2[C@@H]1SC(C)(C)[C@@H]2C(=O)OCOC(=O)[C@@H]1N2C(=O)C[C@H]2S(=O)(=O)C1(C)C. The summed E-state index contributed by atoms with van der Waals surface area (Å²) >= 11 is 1.33. The first kappa shape index (κ1) is 29.0. The van der Waals surface area contributed by atoms with Gasteiger partial charge in [0, 0.05) is 4.75 Å². The Morgan fingerprint density at radius 1 is 1.07 bits per heavy atom. The van der Waals surface area contributed by atoms with Gasteiger partial charge in [-0.3, -0.25) is 19.4 Å². The minimum absolute atomic E-state index is 0.000532. The third-order valence-electron chi connectivity index (χ3n) is 8.10. The summed E-state index contributed by atoms with van der Waals surface area (Å²) in [6.45, 7) is 8.90. The number of fused-ring (bicyclic) bond motifs is 2. The van der Waals surface area contributed by atoms with Gasteiger partial charge in [0.15, 0.2) is 9.84 Å². The van der Waals surface area contributed by atoms with Crippen LogP contribution in [-0.4, -0.2) is 99.8 Å². The fraction of sp³-hybridized carbons (Fsp3) is 0.538. The smallest absolute Gasteiger partial charge is 0.333 e. The van der Waals surface area contributed by atoms with Crippen molar-refractivity contribution in [3.05, 3.63) is 29.8 Å². The fourth-order valence-electron chi connectivity index (χ4n) is 5.85. The van der Waals surface area contributed by atoms with Crippen LogP contribution in [0.5, 0.6) is 0 Å². The Morgan fingerprint density at radius 3 is 2.34 bits per heavy atom. The van der Waals surface area contributed by atoms with Gasteiger partial charge in [0.2, 0.25) is 24.5 Å². The molecule has 13 nitrogen and oxygen atoms in total. The Labute approximate surface area is 240 Å². The number of sulfone groups is 1. The van der Waals surface area contributed by atoms with E-state index in [4.69, 9.17) is 9.47 Å². The van der Waals surface area contributed by atoms with Crippen LogP contribution in [0.25, 0.3) is 0 Å². The highest BCUT2D eigenvalue weighted by molar-refractivity contribution is 8.01. The van der Waals surface area contributed by atoms with E-state index in [1.165, 1.54) is 30.5 Å². The summed E-state index contributed by atoms with van der Waals surface area (Å²) in [7, 11) is -3.80. The van der Waals surface area contributed by atoms with Gasteiger partial charge in [0.1, 0.15) is 28.9 Å². The second-order valence-corrected chi connectivity index (χ2v) is 15.8. The third kappa shape index (κ3) is 4.40. The first-order valence-electron chi connectivity index (χ1n) is 12.9. The van der Waals surface area contributed by atoms with E-state index in [0.29, 0.717) is 11.3 Å². The van der Waals surface area contributed by atoms with Crippen molar-refractivity contribution in [1.82, 2.24) is 15.1 Å². The summed E-state index contributed by atoms with van der Waals surface area (Å²) in [6.07, 6.45) is -0.190. The molecule has 3 amide bonds. The van der Waals surface area contributed by atoms with Crippen molar-refractivity contribution in [2.24, 2.45) is 4.99 Å². The summed E-state index contributed by atoms with van der Waals surface area (Å²) in [6, 6.07) is 3.80. The standard InChI is InChI=1S/C26H30N4O9S2/c1-25(2)19(23(34)38-12-39-24(35)20-26(3,4)41(36,37)17-11-16(32)29(17)20)30-21(33)18(22(30)40-25)28-15(31)10-13-8-6-7-9-14(13)27-5/h6-9,17-20,22H,5,10-12H2,1-4H3,(H,28,31)/t17-,18?,19+,20+,22-/m1/s1. The van der Waals surface area contributed by atoms with Crippen LogP contribution in [0.15, 0.2) is 29.3 Å². The summed E-state index contributed by atoms with van der Waals surface area (Å²) < 4.78 is 33.4. The predicted octanol–water partition coefficient (Wildman–Crippen LogP) is 0.286. The van der Waals surface area contributed by atoms with E-state index in [9.17, 15) is 32.4 Å². The first-order chi connectivity index (χ1) is 19.1. The lowest BCUT2D eigenvalue weighted by molar-refractivity contribution is -0.181. The highest BCUT2D eigenvalue weighted by Gasteiger charge is 2.68. The average Bonchev–Trinajstić information content (AvgIpc) is 3.22. The number of amides is 3. The molecule has 1 unspecified atom stereocenters. The van der Waals surface area contributed by atoms with Gasteiger partial charge in [-0.1, -0.05) is 18.2 Å². The van der Waals surface area contributed by atoms with Crippen LogP contribution in [0.2, 0.25) is 0 Å². The zero-order chi connectivity index (χ0) is 30.1. The maximum Gasteiger partial charge on any atom is 0.333 e. The van der Waals surface area contributed by atoms with Gasteiger partial charge in [-0.25, -0.2) is 18.0 Å². The molecule has 0 saturated carbocycles. The minimum atomic E-state index is -3.80. The highest BCUT2D eigenvalue weighted by atomic mass is 32.2. The summed E-state index contributed by atoms with van der Waals surface area (Å²) in [5, 5.41) is 1.16. The van der Waals surface area contributed by atoms with Gasteiger partial charge in [-0.05, 0) is 46.0 Å². The zero-order valence-electron chi connectivity index (χ0n) is 22.9. The van der Waals surface area contributed by atoms with E-state index in [2.05, 4.69) is 17.0 Å². The predicted molar refractivity (Wildman–Crippen MR) is 146 cm³/mol. The summed E-state index contributed by atoms with van der Waals surface area (Å²) in [5.74, 6) is -3.13. The first-order valence-corrected chi connectivity index (χ1v) is 15.3. The largest absolute Gasteiger partial charge is 0.426 e. The zero-order valence-corrected chi connectivity index (χ0v) is 24.5. The molecule has 0 spiro atoms. The molecule has 1 N–H and O–H groups in total. The minimum Gasteiger partial charge on any atom is -0.426 e. The second-order valence-electron chi connectivity index (χ2n) is 11.3. The average molecular weight is 607 g/mol.